The number of ether oxygens (including phenoxy) is 1. The standard InChI is InChI=1S/C28H33N5O4S/c34-15-3-7-22(35)6-2-8-31-9-11-32(12-10-31)20-24-19-25-26(38-24)28(33-13-16-37-17-14-33)30-27(29-25)21-4-1-5-23(36)18-21/h1-2,4-5,8,15,18-19,36H,3,6-7,9-14,16-17,20H2. The number of rotatable bonds is 10. The number of piperazine rings is 1. The number of aromatic hydroxyl groups is 1. The fourth-order valence-electron chi connectivity index (χ4n) is 4.75. The van der Waals surface area contributed by atoms with Crippen LogP contribution in [-0.4, -0.2) is 89.4 Å². The molecule has 5 rings (SSSR count). The molecule has 38 heavy (non-hydrogen) atoms. The molecule has 200 valence electrons. The molecule has 2 aliphatic rings. The van der Waals surface area contributed by atoms with E-state index in [-0.39, 0.29) is 11.5 Å². The lowest BCUT2D eigenvalue weighted by Crippen LogP contribution is -2.43. The van der Waals surface area contributed by atoms with E-state index < -0.39 is 0 Å². The molecule has 10 heteroatoms. The SMILES string of the molecule is O=CCCC(=O)CC=CN1CCN(Cc2cc3nc(-c4cccc(O)c4)nc(N4CCOCC4)c3s2)CC1. The lowest BCUT2D eigenvalue weighted by Gasteiger charge is -2.33. The number of phenols is 1. The molecule has 0 radical (unpaired) electrons. The molecule has 2 saturated heterocycles. The van der Waals surface area contributed by atoms with Gasteiger partial charge in [-0.15, -0.1) is 11.3 Å². The Bertz CT molecular complexity index is 1300. The summed E-state index contributed by atoms with van der Waals surface area (Å²) >= 11 is 1.75. The number of aromatic nitrogens is 2. The number of ketones is 1. The summed E-state index contributed by atoms with van der Waals surface area (Å²) in [5.41, 5.74) is 1.73. The maximum Gasteiger partial charge on any atom is 0.162 e. The molecule has 1 aromatic carbocycles. The summed E-state index contributed by atoms with van der Waals surface area (Å²) in [5, 5.41) is 9.99. The van der Waals surface area contributed by atoms with E-state index in [9.17, 15) is 14.7 Å². The van der Waals surface area contributed by atoms with Crippen molar-refractivity contribution in [3.8, 4) is 17.1 Å². The van der Waals surface area contributed by atoms with Crippen LogP contribution in [0.5, 0.6) is 5.75 Å². The molecule has 0 spiro atoms. The average molecular weight is 536 g/mol. The van der Waals surface area contributed by atoms with Gasteiger partial charge in [-0.2, -0.15) is 0 Å². The van der Waals surface area contributed by atoms with Gasteiger partial charge < -0.3 is 24.4 Å². The number of carbonyl (C=O) groups excluding carboxylic acids is 2. The third-order valence-corrected chi connectivity index (χ3v) is 7.91. The van der Waals surface area contributed by atoms with Gasteiger partial charge in [0.05, 0.1) is 23.4 Å². The fourth-order valence-corrected chi connectivity index (χ4v) is 5.91. The van der Waals surface area contributed by atoms with Gasteiger partial charge in [-0.3, -0.25) is 9.69 Å². The second-order valence-corrected chi connectivity index (χ2v) is 10.7. The number of anilines is 1. The Hall–Kier alpha value is -3.34. The van der Waals surface area contributed by atoms with E-state index in [0.29, 0.717) is 38.3 Å². The van der Waals surface area contributed by atoms with Crippen LogP contribution in [0.4, 0.5) is 5.82 Å². The van der Waals surface area contributed by atoms with E-state index in [2.05, 4.69) is 20.8 Å². The molecule has 3 aromatic rings. The van der Waals surface area contributed by atoms with Crippen LogP contribution < -0.4 is 4.90 Å². The normalized spacial score (nSPS) is 16.9. The first-order chi connectivity index (χ1) is 18.6. The number of aldehydes is 1. The molecule has 0 saturated carbocycles. The summed E-state index contributed by atoms with van der Waals surface area (Å²) in [5.74, 6) is 1.85. The van der Waals surface area contributed by atoms with Gasteiger partial charge in [0.1, 0.15) is 17.8 Å². The summed E-state index contributed by atoms with van der Waals surface area (Å²) in [7, 11) is 0. The van der Waals surface area contributed by atoms with Gasteiger partial charge in [-0.1, -0.05) is 18.2 Å². The van der Waals surface area contributed by atoms with Crippen molar-refractivity contribution in [2.75, 3.05) is 57.4 Å². The number of hydrogen-bond donors (Lipinski definition) is 1. The second-order valence-electron chi connectivity index (χ2n) is 9.59. The summed E-state index contributed by atoms with van der Waals surface area (Å²) in [6.45, 7) is 7.48. The van der Waals surface area contributed by atoms with Crippen LogP contribution in [0.3, 0.4) is 0 Å². The lowest BCUT2D eigenvalue weighted by molar-refractivity contribution is -0.120. The second kappa shape index (κ2) is 12.5. The zero-order chi connectivity index (χ0) is 26.3. The van der Waals surface area contributed by atoms with Crippen molar-refractivity contribution < 1.29 is 19.4 Å². The Morgan fingerprint density at radius 2 is 1.89 bits per heavy atom. The highest BCUT2D eigenvalue weighted by Gasteiger charge is 2.22. The van der Waals surface area contributed by atoms with Crippen molar-refractivity contribution in [3.05, 3.63) is 47.5 Å². The predicted octanol–water partition coefficient (Wildman–Crippen LogP) is 3.47. The zero-order valence-electron chi connectivity index (χ0n) is 21.4. The van der Waals surface area contributed by atoms with Gasteiger partial charge >= 0.3 is 0 Å². The minimum absolute atomic E-state index is 0.100. The molecule has 1 N–H and O–H groups in total. The van der Waals surface area contributed by atoms with E-state index in [0.717, 1.165) is 73.7 Å². The molecule has 4 heterocycles. The molecule has 2 fully saturated rings. The summed E-state index contributed by atoms with van der Waals surface area (Å²) in [6.07, 6.45) is 5.73. The summed E-state index contributed by atoms with van der Waals surface area (Å²) < 4.78 is 6.66. The van der Waals surface area contributed by atoms with Gasteiger partial charge in [0.25, 0.3) is 0 Å². The smallest absolute Gasteiger partial charge is 0.162 e. The maximum absolute atomic E-state index is 11.7. The van der Waals surface area contributed by atoms with E-state index in [1.807, 2.05) is 24.4 Å². The molecule has 2 aromatic heterocycles. The molecular formula is C28H33N5O4S. The lowest BCUT2D eigenvalue weighted by atomic mass is 10.2. The third-order valence-electron chi connectivity index (χ3n) is 6.81. The predicted molar refractivity (Wildman–Crippen MR) is 148 cm³/mol. The minimum Gasteiger partial charge on any atom is -0.508 e. The monoisotopic (exact) mass is 535 g/mol. The molecule has 0 atom stereocenters. The topological polar surface area (TPSA) is 99.1 Å². The van der Waals surface area contributed by atoms with Gasteiger partial charge in [0.15, 0.2) is 11.6 Å². The number of phenolic OH excluding ortho intramolecular Hbond substituents is 1. The number of carbonyl (C=O) groups is 2. The number of nitrogens with zero attached hydrogens (tertiary/aromatic N) is 5. The van der Waals surface area contributed by atoms with Gasteiger partial charge in [0, 0.05) is 75.5 Å². The Balaban J connectivity index is 1.28. The molecule has 2 aliphatic heterocycles. The van der Waals surface area contributed by atoms with Crippen LogP contribution in [-0.2, 0) is 20.9 Å². The van der Waals surface area contributed by atoms with Crippen LogP contribution in [0.25, 0.3) is 21.6 Å². The van der Waals surface area contributed by atoms with Crippen molar-refractivity contribution >= 4 is 39.4 Å². The van der Waals surface area contributed by atoms with Gasteiger partial charge in [0.2, 0.25) is 0 Å². The molecule has 0 amide bonds. The highest BCUT2D eigenvalue weighted by atomic mass is 32.1. The van der Waals surface area contributed by atoms with Crippen molar-refractivity contribution in [2.45, 2.75) is 25.8 Å². The Labute approximate surface area is 226 Å². The number of allylic oxidation sites excluding steroid dienone is 1. The number of Topliss-reactive ketones (excluding diaryl/α,β-unsaturated/α-hetero) is 1. The summed E-state index contributed by atoms with van der Waals surface area (Å²) in [4.78, 5) is 40.2. The largest absolute Gasteiger partial charge is 0.508 e. The average Bonchev–Trinajstić information content (AvgIpc) is 3.35. The third kappa shape index (κ3) is 6.56. The molecule has 0 bridgehead atoms. The maximum atomic E-state index is 11.7. The fraction of sp³-hybridized carbons (Fsp3) is 0.429. The quantitative estimate of drug-likeness (QED) is 0.391. The number of thiophene rings is 1. The van der Waals surface area contributed by atoms with Crippen LogP contribution >= 0.6 is 11.3 Å². The number of fused-ring (bicyclic) bond motifs is 1. The van der Waals surface area contributed by atoms with E-state index >= 15 is 0 Å². The summed E-state index contributed by atoms with van der Waals surface area (Å²) in [6, 6.07) is 9.26. The number of hydrogen-bond acceptors (Lipinski definition) is 10. The first kappa shape index (κ1) is 26.3. The van der Waals surface area contributed by atoms with Crippen molar-refractivity contribution in [1.29, 1.82) is 0 Å². The highest BCUT2D eigenvalue weighted by Crippen LogP contribution is 2.35. The van der Waals surface area contributed by atoms with E-state index in [1.165, 1.54) is 4.88 Å². The van der Waals surface area contributed by atoms with Crippen LogP contribution in [0.2, 0.25) is 0 Å². The van der Waals surface area contributed by atoms with Crippen molar-refractivity contribution in [3.63, 3.8) is 0 Å². The highest BCUT2D eigenvalue weighted by molar-refractivity contribution is 7.19. The first-order valence-corrected chi connectivity index (χ1v) is 13.9. The van der Waals surface area contributed by atoms with Crippen LogP contribution in [0.15, 0.2) is 42.6 Å². The van der Waals surface area contributed by atoms with Crippen molar-refractivity contribution in [2.24, 2.45) is 0 Å². The van der Waals surface area contributed by atoms with E-state index in [1.54, 1.807) is 23.5 Å². The van der Waals surface area contributed by atoms with Crippen LogP contribution in [0.1, 0.15) is 24.1 Å². The van der Waals surface area contributed by atoms with E-state index in [4.69, 9.17) is 14.7 Å². The van der Waals surface area contributed by atoms with Crippen molar-refractivity contribution in [1.82, 2.24) is 19.8 Å². The Kier molecular flexibility index (Phi) is 8.62. The number of morpholine rings is 1. The van der Waals surface area contributed by atoms with Gasteiger partial charge in [-0.05, 0) is 24.4 Å². The minimum atomic E-state index is 0.100. The Morgan fingerprint density at radius 1 is 1.08 bits per heavy atom. The molecule has 0 aliphatic carbocycles. The van der Waals surface area contributed by atoms with Gasteiger partial charge in [-0.25, -0.2) is 9.97 Å². The first-order valence-electron chi connectivity index (χ1n) is 13.1. The molecule has 0 unspecified atom stereocenters. The molecular weight excluding hydrogens is 502 g/mol. The Morgan fingerprint density at radius 3 is 2.66 bits per heavy atom. The van der Waals surface area contributed by atoms with Crippen LogP contribution in [0, 0.1) is 0 Å². The number of benzene rings is 1. The zero-order valence-corrected chi connectivity index (χ0v) is 22.2. The molecule has 9 nitrogen and oxygen atoms in total.